The summed E-state index contributed by atoms with van der Waals surface area (Å²) in [6, 6.07) is 5.95. The third-order valence-corrected chi connectivity index (χ3v) is 7.41. The van der Waals surface area contributed by atoms with Gasteiger partial charge in [-0.3, -0.25) is 14.7 Å². The highest BCUT2D eigenvalue weighted by atomic mass is 32.2. The van der Waals surface area contributed by atoms with Crippen LogP contribution in [-0.4, -0.2) is 53.9 Å². The van der Waals surface area contributed by atoms with Gasteiger partial charge in [-0.15, -0.1) is 0 Å². The summed E-state index contributed by atoms with van der Waals surface area (Å²) in [7, 11) is -3.61. The van der Waals surface area contributed by atoms with Gasteiger partial charge in [-0.05, 0) is 49.9 Å². The molecule has 0 spiro atoms. The normalized spacial score (nSPS) is 14.6. The van der Waals surface area contributed by atoms with Crippen molar-refractivity contribution in [1.29, 1.82) is 0 Å². The minimum Gasteiger partial charge on any atom is -0.348 e. The first-order valence-corrected chi connectivity index (χ1v) is 12.6. The van der Waals surface area contributed by atoms with Crippen molar-refractivity contribution >= 4 is 27.5 Å². The Morgan fingerprint density at radius 1 is 1.06 bits per heavy atom. The number of carbonyl (C=O) groups excluding carboxylic acids is 2. The van der Waals surface area contributed by atoms with Gasteiger partial charge in [0, 0.05) is 30.9 Å². The summed E-state index contributed by atoms with van der Waals surface area (Å²) in [4.78, 5) is 25.3. The summed E-state index contributed by atoms with van der Waals surface area (Å²) in [6.45, 7) is 4.77. The van der Waals surface area contributed by atoms with Crippen LogP contribution in [0.2, 0.25) is 0 Å². The quantitative estimate of drug-likeness (QED) is 0.501. The molecule has 1 aliphatic rings. The lowest BCUT2D eigenvalue weighted by Gasteiger charge is -2.21. The topological polar surface area (TPSA) is 124 Å². The lowest BCUT2D eigenvalue weighted by molar-refractivity contribution is 0.0933. The van der Waals surface area contributed by atoms with E-state index in [1.807, 2.05) is 13.8 Å². The third kappa shape index (κ3) is 5.55. The van der Waals surface area contributed by atoms with Gasteiger partial charge in [-0.1, -0.05) is 26.7 Å². The number of amides is 2. The predicted octanol–water partition coefficient (Wildman–Crippen LogP) is 3.15. The Kier molecular flexibility index (Phi) is 8.03. The van der Waals surface area contributed by atoms with Gasteiger partial charge in [0.2, 0.25) is 10.0 Å². The number of H-pyrrole nitrogens is 1. The predicted molar refractivity (Wildman–Crippen MR) is 122 cm³/mol. The van der Waals surface area contributed by atoms with E-state index in [9.17, 15) is 18.0 Å². The Balaban J connectivity index is 1.69. The average molecular weight is 462 g/mol. The van der Waals surface area contributed by atoms with Crippen molar-refractivity contribution in [3.8, 4) is 0 Å². The number of sulfonamides is 1. The van der Waals surface area contributed by atoms with Gasteiger partial charge in [0.15, 0.2) is 5.69 Å². The molecule has 32 heavy (non-hydrogen) atoms. The number of anilines is 1. The maximum Gasteiger partial charge on any atom is 0.274 e. The number of nitrogens with zero attached hydrogens (tertiary/aromatic N) is 2. The largest absolute Gasteiger partial charge is 0.348 e. The SMILES string of the molecule is CCCN(CCC)S(=O)(=O)c1ccc(C(=O)Nc2c[nH]nc2C(=O)NC2CCCC2)cc1. The molecule has 9 nitrogen and oxygen atoms in total. The number of rotatable bonds is 10. The van der Waals surface area contributed by atoms with E-state index in [0.29, 0.717) is 13.1 Å². The van der Waals surface area contributed by atoms with Crippen molar-refractivity contribution in [2.75, 3.05) is 18.4 Å². The molecular weight excluding hydrogens is 430 g/mol. The van der Waals surface area contributed by atoms with Crippen LogP contribution in [0.1, 0.15) is 73.2 Å². The van der Waals surface area contributed by atoms with E-state index in [4.69, 9.17) is 0 Å². The van der Waals surface area contributed by atoms with Crippen molar-refractivity contribution < 1.29 is 18.0 Å². The first-order chi connectivity index (χ1) is 15.4. The number of aromatic amines is 1. The molecule has 0 unspecified atom stereocenters. The smallest absolute Gasteiger partial charge is 0.274 e. The second kappa shape index (κ2) is 10.7. The molecule has 10 heteroatoms. The van der Waals surface area contributed by atoms with Crippen LogP contribution in [-0.2, 0) is 10.0 Å². The minimum absolute atomic E-state index is 0.124. The summed E-state index contributed by atoms with van der Waals surface area (Å²) in [6.07, 6.45) is 6.98. The number of aromatic nitrogens is 2. The van der Waals surface area contributed by atoms with Gasteiger partial charge >= 0.3 is 0 Å². The molecule has 3 N–H and O–H groups in total. The minimum atomic E-state index is -3.61. The Bertz CT molecular complexity index is 1020. The van der Waals surface area contributed by atoms with E-state index in [0.717, 1.165) is 38.5 Å². The molecule has 2 aromatic rings. The van der Waals surface area contributed by atoms with Crippen LogP contribution in [0.25, 0.3) is 0 Å². The Morgan fingerprint density at radius 3 is 2.28 bits per heavy atom. The maximum absolute atomic E-state index is 12.9. The van der Waals surface area contributed by atoms with Crippen LogP contribution in [0, 0.1) is 0 Å². The molecule has 2 amide bonds. The highest BCUT2D eigenvalue weighted by Gasteiger charge is 2.24. The summed E-state index contributed by atoms with van der Waals surface area (Å²) in [5.74, 6) is -0.786. The molecule has 0 atom stereocenters. The highest BCUT2D eigenvalue weighted by molar-refractivity contribution is 7.89. The standard InChI is InChI=1S/C22H31N5O4S/c1-3-13-27(14-4-2)32(30,31)18-11-9-16(10-12-18)21(28)25-19-15-23-26-20(19)22(29)24-17-7-5-6-8-17/h9-12,15,17H,3-8,13-14H2,1-2H3,(H,23,26)(H,24,29)(H,25,28). The van der Waals surface area contributed by atoms with E-state index in [1.165, 1.54) is 34.8 Å². The van der Waals surface area contributed by atoms with Crippen LogP contribution in [0.3, 0.4) is 0 Å². The maximum atomic E-state index is 12.9. The molecule has 0 bridgehead atoms. The van der Waals surface area contributed by atoms with E-state index in [-0.39, 0.29) is 33.8 Å². The molecule has 3 rings (SSSR count). The molecule has 1 aliphatic carbocycles. The molecule has 174 valence electrons. The third-order valence-electron chi connectivity index (χ3n) is 5.49. The van der Waals surface area contributed by atoms with Gasteiger partial charge in [0.1, 0.15) is 0 Å². The molecule has 0 saturated heterocycles. The first kappa shape index (κ1) is 23.9. The van der Waals surface area contributed by atoms with E-state index < -0.39 is 15.9 Å². The average Bonchev–Trinajstić information content (AvgIpc) is 3.45. The fourth-order valence-electron chi connectivity index (χ4n) is 3.86. The van der Waals surface area contributed by atoms with Crippen LogP contribution in [0.5, 0.6) is 0 Å². The van der Waals surface area contributed by atoms with E-state index in [1.54, 1.807) is 0 Å². The molecule has 1 aromatic heterocycles. The molecule has 1 fully saturated rings. The zero-order chi connectivity index (χ0) is 23.1. The second-order valence-corrected chi connectivity index (χ2v) is 9.92. The molecule has 0 radical (unpaired) electrons. The summed E-state index contributed by atoms with van der Waals surface area (Å²) in [5, 5.41) is 12.2. The number of carbonyl (C=O) groups is 2. The zero-order valence-corrected chi connectivity index (χ0v) is 19.4. The number of benzene rings is 1. The van der Waals surface area contributed by atoms with Crippen molar-refractivity contribution in [1.82, 2.24) is 19.8 Å². The Labute approximate surface area is 189 Å². The monoisotopic (exact) mass is 461 g/mol. The Hall–Kier alpha value is -2.72. The van der Waals surface area contributed by atoms with Crippen molar-refractivity contribution in [3.63, 3.8) is 0 Å². The van der Waals surface area contributed by atoms with Gasteiger partial charge in [-0.25, -0.2) is 8.42 Å². The van der Waals surface area contributed by atoms with Crippen molar-refractivity contribution in [2.24, 2.45) is 0 Å². The summed E-state index contributed by atoms with van der Waals surface area (Å²) >= 11 is 0. The fourth-order valence-corrected chi connectivity index (χ4v) is 5.48. The van der Waals surface area contributed by atoms with Crippen LogP contribution in [0.15, 0.2) is 35.4 Å². The van der Waals surface area contributed by atoms with Crippen LogP contribution in [0.4, 0.5) is 5.69 Å². The van der Waals surface area contributed by atoms with Gasteiger partial charge in [0.05, 0.1) is 10.6 Å². The van der Waals surface area contributed by atoms with Crippen LogP contribution < -0.4 is 10.6 Å². The lowest BCUT2D eigenvalue weighted by atomic mass is 10.2. The Morgan fingerprint density at radius 2 is 1.69 bits per heavy atom. The van der Waals surface area contributed by atoms with E-state index >= 15 is 0 Å². The van der Waals surface area contributed by atoms with Crippen molar-refractivity contribution in [3.05, 3.63) is 41.7 Å². The fraction of sp³-hybridized carbons (Fsp3) is 0.500. The van der Waals surface area contributed by atoms with Crippen molar-refractivity contribution in [2.45, 2.75) is 63.3 Å². The molecule has 0 aliphatic heterocycles. The van der Waals surface area contributed by atoms with E-state index in [2.05, 4.69) is 20.8 Å². The lowest BCUT2D eigenvalue weighted by Crippen LogP contribution is -2.33. The van der Waals surface area contributed by atoms with Gasteiger partial charge in [-0.2, -0.15) is 9.40 Å². The molecule has 1 saturated carbocycles. The number of nitrogens with one attached hydrogen (secondary N) is 3. The number of hydrogen-bond acceptors (Lipinski definition) is 5. The molecular formula is C22H31N5O4S. The molecule has 1 heterocycles. The second-order valence-electron chi connectivity index (χ2n) is 7.98. The molecule has 1 aromatic carbocycles. The highest BCUT2D eigenvalue weighted by Crippen LogP contribution is 2.21. The van der Waals surface area contributed by atoms with Crippen LogP contribution >= 0.6 is 0 Å². The van der Waals surface area contributed by atoms with Gasteiger partial charge < -0.3 is 10.6 Å². The summed E-state index contributed by atoms with van der Waals surface area (Å²) < 4.78 is 27.2. The van der Waals surface area contributed by atoms with Gasteiger partial charge in [0.25, 0.3) is 11.8 Å². The zero-order valence-electron chi connectivity index (χ0n) is 18.6. The number of hydrogen-bond donors (Lipinski definition) is 3. The first-order valence-electron chi connectivity index (χ1n) is 11.1. The summed E-state index contributed by atoms with van der Waals surface area (Å²) in [5.41, 5.74) is 0.684.